The number of rotatable bonds is 7. The fourth-order valence-electron chi connectivity index (χ4n) is 4.64. The monoisotopic (exact) mass is 498 g/mol. The molecule has 0 saturated heterocycles. The molecule has 184 valence electrons. The number of hydrogen-bond donors (Lipinski definition) is 0. The number of fused-ring (bicyclic) bond motifs is 2. The van der Waals surface area contributed by atoms with E-state index in [-0.39, 0.29) is 22.9 Å². The van der Waals surface area contributed by atoms with Gasteiger partial charge in [0, 0.05) is 42.8 Å². The second-order valence-corrected chi connectivity index (χ2v) is 9.09. The van der Waals surface area contributed by atoms with Gasteiger partial charge in [0.1, 0.15) is 29.0 Å². The molecule has 0 bridgehead atoms. The van der Waals surface area contributed by atoms with Gasteiger partial charge in [-0.2, -0.15) is 5.10 Å². The lowest BCUT2D eigenvalue weighted by molar-refractivity contribution is 0.0727. The minimum Gasteiger partial charge on any atom is -0.486 e. The van der Waals surface area contributed by atoms with Crippen molar-refractivity contribution in [3.8, 4) is 16.9 Å². The van der Waals surface area contributed by atoms with Crippen LogP contribution < -0.4 is 4.74 Å². The zero-order chi connectivity index (χ0) is 26.5. The third kappa shape index (κ3) is 4.27. The lowest BCUT2D eigenvalue weighted by Gasteiger charge is -2.33. The number of pyridine rings is 1. The van der Waals surface area contributed by atoms with Crippen LogP contribution in [0.25, 0.3) is 22.0 Å². The molecular weight excluding hydrogens is 476 g/mol. The Hall–Kier alpha value is -3.72. The van der Waals surface area contributed by atoms with Crippen molar-refractivity contribution in [2.24, 2.45) is 7.05 Å². The van der Waals surface area contributed by atoms with Gasteiger partial charge in [0.15, 0.2) is 0 Å². The van der Waals surface area contributed by atoms with Crippen LogP contribution in [0.2, 0.25) is 0 Å². The predicted molar refractivity (Wildman–Crippen MR) is 135 cm³/mol. The highest BCUT2D eigenvalue weighted by molar-refractivity contribution is 6.42. The zero-order valence-electron chi connectivity index (χ0n) is 20.5. The molecule has 37 heavy (non-hydrogen) atoms. The number of hydrogen-bond acceptors (Lipinski definition) is 5. The third-order valence-corrected chi connectivity index (χ3v) is 6.36. The predicted octanol–water partition coefficient (Wildman–Crippen LogP) is 3.43. The number of aromatic nitrogens is 3. The first kappa shape index (κ1) is 25.0. The Bertz CT molecular complexity index is 1500. The first-order valence-corrected chi connectivity index (χ1v) is 11.6. The molecule has 1 aliphatic heterocycles. The van der Waals surface area contributed by atoms with Crippen LogP contribution >= 0.6 is 0 Å². The second kappa shape index (κ2) is 9.30. The summed E-state index contributed by atoms with van der Waals surface area (Å²) >= 11 is 0. The highest BCUT2D eigenvalue weighted by Crippen LogP contribution is 2.38. The molecule has 2 aromatic carbocycles. The van der Waals surface area contributed by atoms with Crippen LogP contribution in [0.15, 0.2) is 48.8 Å². The summed E-state index contributed by atoms with van der Waals surface area (Å²) in [6, 6.07) is 8.97. The largest absolute Gasteiger partial charge is 0.486 e. The Balaban J connectivity index is 1.50. The van der Waals surface area contributed by atoms with Crippen LogP contribution in [0.5, 0.6) is 5.75 Å². The Morgan fingerprint density at radius 3 is 2.54 bits per heavy atom. The number of halogens is 2. The molecule has 0 aliphatic carbocycles. The maximum Gasteiger partial charge on any atom is 0.255 e. The van der Waals surface area contributed by atoms with E-state index in [4.69, 9.17) is 25.2 Å². The smallest absolute Gasteiger partial charge is 0.255 e. The van der Waals surface area contributed by atoms with Gasteiger partial charge in [0.2, 0.25) is 0 Å². The number of carbonyl (C=O) groups is 1. The number of ether oxygens (including phenoxy) is 2. The Kier molecular flexibility index (Phi) is 6.27. The quantitative estimate of drug-likeness (QED) is 0.366. The SMILES string of the molecule is [B]C1([B])c2ncccc2C(=O)N1Cc1c(F)cc(-c2ccc(O[C@@H](C)COC)c3nn(C)cc23)cc1F. The molecule has 1 amide bonds. The lowest BCUT2D eigenvalue weighted by atomic mass is 9.59. The van der Waals surface area contributed by atoms with E-state index in [0.29, 0.717) is 34.4 Å². The van der Waals surface area contributed by atoms with Crippen molar-refractivity contribution in [3.05, 3.63) is 77.2 Å². The fraction of sp³-hybridized carbons (Fsp3) is 0.269. The average molecular weight is 498 g/mol. The minimum absolute atomic E-state index is 0.151. The Morgan fingerprint density at radius 1 is 1.14 bits per heavy atom. The maximum atomic E-state index is 15.4. The molecule has 3 heterocycles. The van der Waals surface area contributed by atoms with Gasteiger partial charge >= 0.3 is 0 Å². The van der Waals surface area contributed by atoms with Crippen LogP contribution in [-0.4, -0.2) is 61.1 Å². The summed E-state index contributed by atoms with van der Waals surface area (Å²) in [4.78, 5) is 18.0. The van der Waals surface area contributed by atoms with Gasteiger partial charge in [-0.3, -0.25) is 14.5 Å². The topological polar surface area (TPSA) is 69.5 Å². The average Bonchev–Trinajstić information content (AvgIpc) is 3.32. The summed E-state index contributed by atoms with van der Waals surface area (Å²) in [5.41, 5.74) is 1.44. The molecule has 4 aromatic rings. The van der Waals surface area contributed by atoms with Crippen molar-refractivity contribution in [3.63, 3.8) is 0 Å². The molecule has 5 rings (SSSR count). The van der Waals surface area contributed by atoms with Crippen molar-refractivity contribution >= 4 is 32.5 Å². The summed E-state index contributed by atoms with van der Waals surface area (Å²) in [6.07, 6.45) is 2.99. The number of amides is 1. The van der Waals surface area contributed by atoms with Crippen molar-refractivity contribution in [2.75, 3.05) is 13.7 Å². The number of benzene rings is 2. The summed E-state index contributed by atoms with van der Waals surface area (Å²) < 4.78 is 43.4. The van der Waals surface area contributed by atoms with Gasteiger partial charge in [-0.25, -0.2) is 8.78 Å². The third-order valence-electron chi connectivity index (χ3n) is 6.36. The standard InChI is InChI=1S/C26H22B2F2N4O3/c1-14(13-36-3)37-22-7-6-16(18-11-33(2)32-23(18)22)15-9-20(29)19(21(30)10-15)12-34-25(35)17-5-4-8-31-24(17)26(34,27)28/h4-11,14H,12-13H2,1-3H3/t14-/m0/s1. The maximum absolute atomic E-state index is 15.4. The molecule has 7 nitrogen and oxygen atoms in total. The summed E-state index contributed by atoms with van der Waals surface area (Å²) in [7, 11) is 15.7. The van der Waals surface area contributed by atoms with E-state index in [0.717, 1.165) is 4.90 Å². The molecule has 1 atom stereocenters. The first-order valence-electron chi connectivity index (χ1n) is 11.6. The van der Waals surface area contributed by atoms with Crippen LogP contribution in [0, 0.1) is 11.6 Å². The minimum atomic E-state index is -1.80. The molecule has 4 radical (unpaired) electrons. The highest BCUT2D eigenvalue weighted by atomic mass is 19.1. The summed E-state index contributed by atoms with van der Waals surface area (Å²) in [5.74, 6) is -1.70. The van der Waals surface area contributed by atoms with E-state index in [1.807, 2.05) is 6.92 Å². The van der Waals surface area contributed by atoms with Gasteiger partial charge in [0.05, 0.1) is 40.1 Å². The molecule has 0 fully saturated rings. The number of methoxy groups -OCH3 is 1. The Labute approximate surface area is 215 Å². The summed E-state index contributed by atoms with van der Waals surface area (Å²) in [6.45, 7) is 1.79. The van der Waals surface area contributed by atoms with E-state index in [1.165, 1.54) is 24.4 Å². The van der Waals surface area contributed by atoms with Crippen LogP contribution in [-0.2, 0) is 23.7 Å². The van der Waals surface area contributed by atoms with E-state index in [9.17, 15) is 4.79 Å². The molecule has 0 N–H and O–H groups in total. The van der Waals surface area contributed by atoms with E-state index in [2.05, 4.69) is 10.1 Å². The van der Waals surface area contributed by atoms with Gasteiger partial charge in [-0.05, 0) is 54.4 Å². The highest BCUT2D eigenvalue weighted by Gasteiger charge is 2.43. The van der Waals surface area contributed by atoms with Crippen LogP contribution in [0.3, 0.4) is 0 Å². The fourth-order valence-corrected chi connectivity index (χ4v) is 4.64. The van der Waals surface area contributed by atoms with Crippen molar-refractivity contribution in [2.45, 2.75) is 24.9 Å². The second-order valence-electron chi connectivity index (χ2n) is 9.09. The van der Waals surface area contributed by atoms with Crippen LogP contribution in [0.1, 0.15) is 28.5 Å². The molecule has 1 aliphatic rings. The van der Waals surface area contributed by atoms with Crippen LogP contribution in [0.4, 0.5) is 8.78 Å². The van der Waals surface area contributed by atoms with Gasteiger partial charge < -0.3 is 14.4 Å². The van der Waals surface area contributed by atoms with Gasteiger partial charge in [-0.1, -0.05) is 0 Å². The van der Waals surface area contributed by atoms with E-state index < -0.39 is 29.4 Å². The van der Waals surface area contributed by atoms with Crippen molar-refractivity contribution in [1.29, 1.82) is 0 Å². The normalized spacial score (nSPS) is 15.3. The van der Waals surface area contributed by atoms with Crippen molar-refractivity contribution in [1.82, 2.24) is 19.7 Å². The van der Waals surface area contributed by atoms with E-state index in [1.54, 1.807) is 43.2 Å². The molecule has 0 unspecified atom stereocenters. The summed E-state index contributed by atoms with van der Waals surface area (Å²) in [5, 5.41) is 3.33. The van der Waals surface area contributed by atoms with Gasteiger partial charge in [0.25, 0.3) is 5.91 Å². The van der Waals surface area contributed by atoms with Gasteiger partial charge in [-0.15, -0.1) is 0 Å². The zero-order valence-corrected chi connectivity index (χ0v) is 20.5. The number of carbonyl (C=O) groups excluding carboxylic acids is 1. The first-order chi connectivity index (χ1) is 17.6. The van der Waals surface area contributed by atoms with Crippen molar-refractivity contribution < 1.29 is 23.0 Å². The molecule has 0 spiro atoms. The molecule has 0 saturated carbocycles. The number of aryl methyl sites for hydroxylation is 1. The Morgan fingerprint density at radius 2 is 1.86 bits per heavy atom. The number of nitrogens with zero attached hydrogens (tertiary/aromatic N) is 4. The molecule has 2 aromatic heterocycles. The molecular formula is C26H22B2F2N4O3. The lowest BCUT2D eigenvalue weighted by Crippen LogP contribution is -2.45. The molecule has 11 heteroatoms. The van der Waals surface area contributed by atoms with E-state index >= 15 is 8.78 Å².